The van der Waals surface area contributed by atoms with Gasteiger partial charge in [-0.25, -0.2) is 4.79 Å². The Morgan fingerprint density at radius 3 is 2.19 bits per heavy atom. The van der Waals surface area contributed by atoms with Gasteiger partial charge in [-0.3, -0.25) is 19.3 Å². The fraction of sp³-hybridized carbons (Fsp3) is 0.119. The molecule has 3 amide bonds. The van der Waals surface area contributed by atoms with Crippen molar-refractivity contribution < 1.29 is 33.8 Å². The van der Waals surface area contributed by atoms with E-state index in [-0.39, 0.29) is 34.6 Å². The maximum atomic E-state index is 14.1. The van der Waals surface area contributed by atoms with Crippen molar-refractivity contribution in [2.45, 2.75) is 19.6 Å². The van der Waals surface area contributed by atoms with E-state index in [2.05, 4.69) is 16.9 Å². The largest absolute Gasteiger partial charge is 0.493 e. The summed E-state index contributed by atoms with van der Waals surface area (Å²) in [6.07, 6.45) is 8.02. The zero-order chi connectivity index (χ0) is 37.7. The lowest BCUT2D eigenvalue weighted by atomic mass is 9.99. The van der Waals surface area contributed by atoms with E-state index < -0.39 is 23.8 Å². The lowest BCUT2D eigenvalue weighted by molar-refractivity contribution is -0.126. The van der Waals surface area contributed by atoms with Gasteiger partial charge in [-0.1, -0.05) is 115 Å². The number of carboxylic acid groups (broad SMARTS) is 1. The summed E-state index contributed by atoms with van der Waals surface area (Å²) in [6, 6.07) is 30.1. The number of amidine groups is 1. The Morgan fingerprint density at radius 2 is 1.60 bits per heavy atom. The van der Waals surface area contributed by atoms with E-state index in [1.54, 1.807) is 61.6 Å². The highest BCUT2D eigenvalue weighted by atomic mass is 32.2. The van der Waals surface area contributed by atoms with Gasteiger partial charge in [0.05, 0.1) is 24.5 Å². The standard InChI is InChI=1S/C42H37N3O7S/c1-4-6-17-33(5-2)45-40(48)34(24-29-20-23-35(36(25-29)51-3)52-26-28-18-21-32(22-19-28)41(49)50)39(47)44-42(45)53-27-37(46)43-38(30-13-9-7-10-14-30)31-15-11-8-12-16-31/h4-25,38H,1,26-27H2,2-3H3,(H,43,46)(H,49,50)/b17-6-,33-5+,34-24+. The number of nitrogens with zero attached hydrogens (tertiary/aromatic N) is 2. The number of rotatable bonds is 14. The Bertz CT molecular complexity index is 2070. The lowest BCUT2D eigenvalue weighted by Gasteiger charge is -2.28. The molecular weight excluding hydrogens is 691 g/mol. The Labute approximate surface area is 311 Å². The Hall–Kier alpha value is -6.46. The molecule has 11 heteroatoms. The number of aliphatic imine (C=N–C) groups is 1. The molecule has 268 valence electrons. The summed E-state index contributed by atoms with van der Waals surface area (Å²) in [5, 5.41) is 12.3. The quantitative estimate of drug-likeness (QED) is 0.0782. The van der Waals surface area contributed by atoms with Gasteiger partial charge in [0, 0.05) is 5.70 Å². The summed E-state index contributed by atoms with van der Waals surface area (Å²) in [5.74, 6) is -2.06. The van der Waals surface area contributed by atoms with E-state index >= 15 is 0 Å². The number of allylic oxidation sites excluding steroid dienone is 4. The van der Waals surface area contributed by atoms with Crippen molar-refractivity contribution in [2.75, 3.05) is 12.9 Å². The number of hydrogen-bond acceptors (Lipinski definition) is 7. The maximum absolute atomic E-state index is 14.1. The third kappa shape index (κ3) is 9.66. The molecule has 2 N–H and O–H groups in total. The molecule has 1 aliphatic rings. The van der Waals surface area contributed by atoms with Gasteiger partial charge in [0.2, 0.25) is 5.91 Å². The van der Waals surface area contributed by atoms with Crippen LogP contribution in [-0.4, -0.2) is 51.7 Å². The van der Waals surface area contributed by atoms with E-state index in [1.807, 2.05) is 60.7 Å². The number of methoxy groups -OCH3 is 1. The van der Waals surface area contributed by atoms with Crippen LogP contribution in [0.3, 0.4) is 0 Å². The number of thioether (sulfide) groups is 1. The molecule has 10 nitrogen and oxygen atoms in total. The number of carbonyl (C=O) groups is 4. The molecule has 0 fully saturated rings. The molecule has 0 saturated heterocycles. The van der Waals surface area contributed by atoms with Gasteiger partial charge >= 0.3 is 5.97 Å². The van der Waals surface area contributed by atoms with Gasteiger partial charge in [-0.15, -0.1) is 0 Å². The second-order valence-electron chi connectivity index (χ2n) is 11.5. The van der Waals surface area contributed by atoms with Gasteiger partial charge in [0.1, 0.15) is 12.2 Å². The van der Waals surface area contributed by atoms with Crippen molar-refractivity contribution >= 4 is 46.7 Å². The molecule has 1 aliphatic heterocycles. The minimum atomic E-state index is -1.02. The number of ether oxygens (including phenoxy) is 2. The molecule has 0 atom stereocenters. The van der Waals surface area contributed by atoms with Crippen LogP contribution in [0.1, 0.15) is 45.6 Å². The number of hydrogen-bond donors (Lipinski definition) is 2. The monoisotopic (exact) mass is 727 g/mol. The molecule has 4 aromatic rings. The van der Waals surface area contributed by atoms with Crippen molar-refractivity contribution in [2.24, 2.45) is 4.99 Å². The molecule has 4 aromatic carbocycles. The van der Waals surface area contributed by atoms with Crippen LogP contribution in [0, 0.1) is 0 Å². The van der Waals surface area contributed by atoms with E-state index in [1.165, 1.54) is 30.2 Å². The highest BCUT2D eigenvalue weighted by Crippen LogP contribution is 2.32. The van der Waals surface area contributed by atoms with Crippen molar-refractivity contribution in [1.82, 2.24) is 10.2 Å². The van der Waals surface area contributed by atoms with Crippen LogP contribution < -0.4 is 14.8 Å². The summed E-state index contributed by atoms with van der Waals surface area (Å²) in [5.41, 5.74) is 3.47. The van der Waals surface area contributed by atoms with Crippen LogP contribution in [0.5, 0.6) is 11.5 Å². The van der Waals surface area contributed by atoms with Gasteiger partial charge in [-0.05, 0) is 65.6 Å². The molecule has 1 heterocycles. The van der Waals surface area contributed by atoms with Crippen molar-refractivity contribution in [3.05, 3.63) is 173 Å². The molecule has 0 aliphatic carbocycles. The summed E-state index contributed by atoms with van der Waals surface area (Å²) < 4.78 is 11.5. The Morgan fingerprint density at radius 1 is 0.943 bits per heavy atom. The predicted molar refractivity (Wildman–Crippen MR) is 206 cm³/mol. The number of benzene rings is 4. The summed E-state index contributed by atoms with van der Waals surface area (Å²) in [6.45, 7) is 5.62. The minimum Gasteiger partial charge on any atom is -0.493 e. The number of amides is 3. The molecule has 5 rings (SSSR count). The molecule has 53 heavy (non-hydrogen) atoms. The first kappa shape index (κ1) is 37.8. The molecular formula is C42H37N3O7S. The molecule has 0 radical (unpaired) electrons. The normalized spacial score (nSPS) is 14.0. The van der Waals surface area contributed by atoms with Gasteiger partial charge in [0.15, 0.2) is 16.7 Å². The third-order valence-electron chi connectivity index (χ3n) is 8.01. The molecule has 0 aromatic heterocycles. The molecule has 0 saturated carbocycles. The zero-order valence-corrected chi connectivity index (χ0v) is 29.9. The number of nitrogens with one attached hydrogen (secondary N) is 1. The number of aromatic carboxylic acids is 1. The first-order valence-corrected chi connectivity index (χ1v) is 17.5. The van der Waals surface area contributed by atoms with E-state index in [9.17, 15) is 19.2 Å². The van der Waals surface area contributed by atoms with E-state index in [0.717, 1.165) is 28.5 Å². The first-order valence-electron chi connectivity index (χ1n) is 16.5. The average molecular weight is 728 g/mol. The van der Waals surface area contributed by atoms with Crippen LogP contribution >= 0.6 is 11.8 Å². The van der Waals surface area contributed by atoms with E-state index in [0.29, 0.717) is 22.8 Å². The SMILES string of the molecule is C=C/C=C\C(=C/C)N1C(=O)/C(=C/c2ccc(OCc3ccc(C(=O)O)cc3)c(OC)c2)C(=O)N=C1SCC(=O)NC(c1ccccc1)c1ccccc1. The van der Waals surface area contributed by atoms with Crippen LogP contribution in [0.25, 0.3) is 6.08 Å². The molecule has 0 bridgehead atoms. The van der Waals surface area contributed by atoms with Crippen molar-refractivity contribution in [3.8, 4) is 11.5 Å². The maximum Gasteiger partial charge on any atom is 0.335 e. The zero-order valence-electron chi connectivity index (χ0n) is 29.1. The van der Waals surface area contributed by atoms with Crippen LogP contribution in [0.2, 0.25) is 0 Å². The summed E-state index contributed by atoms with van der Waals surface area (Å²) in [7, 11) is 1.47. The highest BCUT2D eigenvalue weighted by Gasteiger charge is 2.35. The average Bonchev–Trinajstić information content (AvgIpc) is 3.18. The topological polar surface area (TPSA) is 135 Å². The third-order valence-corrected chi connectivity index (χ3v) is 8.95. The van der Waals surface area contributed by atoms with Crippen molar-refractivity contribution in [1.29, 1.82) is 0 Å². The fourth-order valence-electron chi connectivity index (χ4n) is 5.36. The van der Waals surface area contributed by atoms with Crippen LogP contribution in [0.15, 0.2) is 150 Å². The number of carboxylic acids is 1. The Kier molecular flexibility index (Phi) is 12.9. The highest BCUT2D eigenvalue weighted by molar-refractivity contribution is 8.14. The Balaban J connectivity index is 1.37. The molecule has 0 unspecified atom stereocenters. The van der Waals surface area contributed by atoms with Crippen LogP contribution in [-0.2, 0) is 21.0 Å². The van der Waals surface area contributed by atoms with Crippen molar-refractivity contribution in [3.63, 3.8) is 0 Å². The van der Waals surface area contributed by atoms with Gasteiger partial charge < -0.3 is 19.9 Å². The summed E-state index contributed by atoms with van der Waals surface area (Å²) in [4.78, 5) is 57.7. The number of carbonyl (C=O) groups excluding carboxylic acids is 3. The van der Waals surface area contributed by atoms with Crippen LogP contribution in [0.4, 0.5) is 0 Å². The fourth-order valence-corrected chi connectivity index (χ4v) is 6.17. The van der Waals surface area contributed by atoms with E-state index in [4.69, 9.17) is 14.6 Å². The second kappa shape index (κ2) is 18.2. The molecule has 0 spiro atoms. The summed E-state index contributed by atoms with van der Waals surface area (Å²) >= 11 is 0.982. The first-order chi connectivity index (χ1) is 25.7. The lowest BCUT2D eigenvalue weighted by Crippen LogP contribution is -2.42. The smallest absolute Gasteiger partial charge is 0.335 e. The predicted octanol–water partition coefficient (Wildman–Crippen LogP) is 7.37. The van der Waals surface area contributed by atoms with Gasteiger partial charge in [0.25, 0.3) is 11.8 Å². The minimum absolute atomic E-state index is 0.0581. The second-order valence-corrected chi connectivity index (χ2v) is 12.5. The van der Waals surface area contributed by atoms with Gasteiger partial charge in [-0.2, -0.15) is 4.99 Å².